The van der Waals surface area contributed by atoms with Crippen molar-refractivity contribution in [1.29, 1.82) is 0 Å². The first-order chi connectivity index (χ1) is 22.2. The van der Waals surface area contributed by atoms with E-state index in [0.29, 0.717) is 18.4 Å². The maximum absolute atomic E-state index is 13.9. The zero-order valence-corrected chi connectivity index (χ0v) is 28.1. The number of rotatable bonds is 17. The van der Waals surface area contributed by atoms with Crippen LogP contribution in [-0.4, -0.2) is 77.6 Å². The number of sulfonamides is 1. The molecule has 12 heteroatoms. The molecule has 3 atom stereocenters. The Bertz CT molecular complexity index is 1560. The second-order valence-corrected chi connectivity index (χ2v) is 14.7. The van der Waals surface area contributed by atoms with E-state index in [1.165, 1.54) is 34.8 Å². The van der Waals surface area contributed by atoms with Crippen LogP contribution < -0.4 is 10.6 Å². The maximum atomic E-state index is 13.9. The molecule has 0 unspecified atom stereocenters. The van der Waals surface area contributed by atoms with Gasteiger partial charge in [0.1, 0.15) is 6.04 Å². The first-order valence-electron chi connectivity index (χ1n) is 15.6. The smallest absolute Gasteiger partial charge is 0.405 e. The van der Waals surface area contributed by atoms with Crippen LogP contribution in [0, 0.1) is 11.3 Å². The van der Waals surface area contributed by atoms with Crippen LogP contribution in [-0.2, 0) is 27.7 Å². The third-order valence-electron chi connectivity index (χ3n) is 7.99. The number of aryl methyl sites for hydroxylation is 1. The molecule has 0 fully saturated rings. The van der Waals surface area contributed by atoms with Gasteiger partial charge in [0.15, 0.2) is 0 Å². The van der Waals surface area contributed by atoms with Crippen molar-refractivity contribution in [3.8, 4) is 0 Å². The number of nitrogens with zero attached hydrogens (tertiary/aromatic N) is 2. The zero-order valence-electron chi connectivity index (χ0n) is 27.3. The number of carboxylic acid groups (broad SMARTS) is 1. The van der Waals surface area contributed by atoms with Gasteiger partial charge in [-0.25, -0.2) is 13.2 Å². The lowest BCUT2D eigenvalue weighted by Gasteiger charge is -2.36. The number of carbonyl (C=O) groups is 2. The minimum atomic E-state index is -4.08. The van der Waals surface area contributed by atoms with E-state index in [9.17, 15) is 28.2 Å². The van der Waals surface area contributed by atoms with Gasteiger partial charge < -0.3 is 26.1 Å². The molecule has 0 aliphatic heterocycles. The molecule has 0 bridgehead atoms. The average Bonchev–Trinajstić information content (AvgIpc) is 3.03. The van der Waals surface area contributed by atoms with Crippen molar-refractivity contribution in [2.24, 2.45) is 16.5 Å². The predicted molar refractivity (Wildman–Crippen MR) is 181 cm³/mol. The van der Waals surface area contributed by atoms with Crippen molar-refractivity contribution in [1.82, 2.24) is 14.9 Å². The lowest BCUT2D eigenvalue weighted by Crippen LogP contribution is -2.59. The number of carbonyl (C=O) groups excluding carboxylic acids is 1. The standard InChI is InChI=1S/C35H46N4O7S/c1-25(2)23-39(47(45,46)29-17-15-28(16-18-29)22-36-44)24-31(40)30(21-27-13-9-6-10-14-27)37-33(41)32(38-34(42)43)35(3,4)20-19-26-11-7-5-8-12-26/h5-18,22,25,30-32,38,40,44H,19-21,23-24H2,1-4H3,(H,37,41)(H,42,43)/t30-,31-,32+/m0/s1. The molecule has 254 valence electrons. The lowest BCUT2D eigenvalue weighted by molar-refractivity contribution is -0.127. The molecule has 2 amide bonds. The monoisotopic (exact) mass is 666 g/mol. The summed E-state index contributed by atoms with van der Waals surface area (Å²) in [6.07, 6.45) is -0.258. The zero-order chi connectivity index (χ0) is 34.6. The van der Waals surface area contributed by atoms with E-state index < -0.39 is 45.6 Å². The number of hydrogen-bond acceptors (Lipinski definition) is 7. The molecule has 5 N–H and O–H groups in total. The Kier molecular flexibility index (Phi) is 13.5. The number of aliphatic hydroxyl groups is 1. The lowest BCUT2D eigenvalue weighted by atomic mass is 9.78. The van der Waals surface area contributed by atoms with Gasteiger partial charge in [0.05, 0.1) is 23.3 Å². The van der Waals surface area contributed by atoms with Gasteiger partial charge in [-0.05, 0) is 59.4 Å². The van der Waals surface area contributed by atoms with Crippen molar-refractivity contribution < 1.29 is 33.4 Å². The first kappa shape index (κ1) is 37.2. The van der Waals surface area contributed by atoms with Gasteiger partial charge in [0, 0.05) is 13.1 Å². The number of hydrogen-bond donors (Lipinski definition) is 5. The summed E-state index contributed by atoms with van der Waals surface area (Å²) in [6, 6.07) is 22.5. The Morgan fingerprint density at radius 3 is 2.00 bits per heavy atom. The Hall–Kier alpha value is -4.26. The largest absolute Gasteiger partial charge is 0.465 e. The number of oxime groups is 1. The molecule has 3 aromatic rings. The highest BCUT2D eigenvalue weighted by molar-refractivity contribution is 7.89. The van der Waals surface area contributed by atoms with E-state index in [1.807, 2.05) is 88.4 Å². The summed E-state index contributed by atoms with van der Waals surface area (Å²) < 4.78 is 28.8. The SMILES string of the molecule is CC(C)CN(C[C@H](O)[C@H](Cc1ccccc1)NC(=O)[C@@H](NC(=O)O)C(C)(C)CCc1ccccc1)S(=O)(=O)c1ccc(C=NO)cc1. The molecule has 0 aromatic heterocycles. The van der Waals surface area contributed by atoms with Crippen molar-refractivity contribution in [2.45, 2.75) is 70.0 Å². The summed E-state index contributed by atoms with van der Waals surface area (Å²) >= 11 is 0. The molecule has 0 saturated heterocycles. The molecule has 0 spiro atoms. The third kappa shape index (κ3) is 11.2. The molecule has 47 heavy (non-hydrogen) atoms. The second-order valence-electron chi connectivity index (χ2n) is 12.8. The fourth-order valence-corrected chi connectivity index (χ4v) is 6.99. The van der Waals surface area contributed by atoms with Gasteiger partial charge in [0.25, 0.3) is 0 Å². The van der Waals surface area contributed by atoms with E-state index in [2.05, 4.69) is 15.8 Å². The minimum Gasteiger partial charge on any atom is -0.465 e. The number of benzene rings is 3. The quantitative estimate of drug-likeness (QED) is 0.0802. The van der Waals surface area contributed by atoms with Crippen LogP contribution in [0.1, 0.15) is 50.8 Å². The maximum Gasteiger partial charge on any atom is 0.405 e. The van der Waals surface area contributed by atoms with Crippen molar-refractivity contribution >= 4 is 28.2 Å². The summed E-state index contributed by atoms with van der Waals surface area (Å²) in [5.74, 6) is -0.709. The van der Waals surface area contributed by atoms with E-state index in [-0.39, 0.29) is 30.3 Å². The van der Waals surface area contributed by atoms with Crippen LogP contribution in [0.4, 0.5) is 4.79 Å². The van der Waals surface area contributed by atoms with Crippen LogP contribution in [0.15, 0.2) is 95.0 Å². The summed E-state index contributed by atoms with van der Waals surface area (Å²) in [5, 5.41) is 38.3. The van der Waals surface area contributed by atoms with Crippen LogP contribution in [0.25, 0.3) is 0 Å². The molecule has 3 rings (SSSR count). The van der Waals surface area contributed by atoms with E-state index in [0.717, 1.165) is 11.1 Å². The summed E-state index contributed by atoms with van der Waals surface area (Å²) in [7, 11) is -4.08. The summed E-state index contributed by atoms with van der Waals surface area (Å²) in [4.78, 5) is 25.8. The van der Waals surface area contributed by atoms with Crippen LogP contribution in [0.3, 0.4) is 0 Å². The molecule has 11 nitrogen and oxygen atoms in total. The highest BCUT2D eigenvalue weighted by atomic mass is 32.2. The molecule has 0 aliphatic rings. The van der Waals surface area contributed by atoms with E-state index >= 15 is 0 Å². The fraction of sp³-hybridized carbons (Fsp3) is 0.400. The summed E-state index contributed by atoms with van der Waals surface area (Å²) in [5.41, 5.74) is 1.53. The molecular formula is C35H46N4O7S. The Morgan fingerprint density at radius 2 is 1.47 bits per heavy atom. The fourth-order valence-electron chi connectivity index (χ4n) is 5.37. The number of amides is 2. The molecular weight excluding hydrogens is 620 g/mol. The molecule has 3 aromatic carbocycles. The van der Waals surface area contributed by atoms with Gasteiger partial charge in [0.2, 0.25) is 15.9 Å². The normalized spacial score (nSPS) is 14.2. The van der Waals surface area contributed by atoms with Crippen molar-refractivity contribution in [2.75, 3.05) is 13.1 Å². The van der Waals surface area contributed by atoms with E-state index in [1.54, 1.807) is 0 Å². The van der Waals surface area contributed by atoms with Crippen LogP contribution >= 0.6 is 0 Å². The average molecular weight is 667 g/mol. The van der Waals surface area contributed by atoms with Crippen molar-refractivity contribution in [3.63, 3.8) is 0 Å². The summed E-state index contributed by atoms with van der Waals surface area (Å²) in [6.45, 7) is 7.12. The molecule has 0 saturated carbocycles. The first-order valence-corrected chi connectivity index (χ1v) is 17.0. The molecule has 0 radical (unpaired) electrons. The van der Waals surface area contributed by atoms with Gasteiger partial charge in [-0.2, -0.15) is 4.31 Å². The van der Waals surface area contributed by atoms with Crippen LogP contribution in [0.2, 0.25) is 0 Å². The topological polar surface area (TPSA) is 169 Å². The Morgan fingerprint density at radius 1 is 0.894 bits per heavy atom. The van der Waals surface area contributed by atoms with Gasteiger partial charge in [-0.3, -0.25) is 4.79 Å². The number of nitrogens with one attached hydrogen (secondary N) is 2. The van der Waals surface area contributed by atoms with Crippen molar-refractivity contribution in [3.05, 3.63) is 102 Å². The number of aliphatic hydroxyl groups excluding tert-OH is 1. The van der Waals surface area contributed by atoms with Crippen LogP contribution in [0.5, 0.6) is 0 Å². The Labute approximate surface area is 277 Å². The van der Waals surface area contributed by atoms with E-state index in [4.69, 9.17) is 5.21 Å². The molecule has 0 heterocycles. The van der Waals surface area contributed by atoms with Gasteiger partial charge in [-0.1, -0.05) is 106 Å². The predicted octanol–water partition coefficient (Wildman–Crippen LogP) is 4.53. The second kappa shape index (κ2) is 17.1. The minimum absolute atomic E-state index is 0.00465. The van der Waals surface area contributed by atoms with Gasteiger partial charge in [-0.15, -0.1) is 0 Å². The van der Waals surface area contributed by atoms with Gasteiger partial charge >= 0.3 is 6.09 Å². The Balaban J connectivity index is 1.91. The third-order valence-corrected chi connectivity index (χ3v) is 9.83. The highest BCUT2D eigenvalue weighted by Crippen LogP contribution is 2.28. The highest BCUT2D eigenvalue weighted by Gasteiger charge is 2.39. The molecule has 0 aliphatic carbocycles.